The molecule has 1 aliphatic rings. The van der Waals surface area contributed by atoms with Crippen molar-refractivity contribution in [1.29, 1.82) is 0 Å². The van der Waals surface area contributed by atoms with E-state index in [0.29, 0.717) is 19.1 Å². The summed E-state index contributed by atoms with van der Waals surface area (Å²) < 4.78 is 5.99. The first-order chi connectivity index (χ1) is 13.7. The molecule has 0 radical (unpaired) electrons. The van der Waals surface area contributed by atoms with Crippen LogP contribution in [0.4, 0.5) is 0 Å². The average Bonchev–Trinajstić information content (AvgIpc) is 2.74. The Labute approximate surface area is 170 Å². The van der Waals surface area contributed by atoms with Gasteiger partial charge in [-0.15, -0.1) is 0 Å². The van der Waals surface area contributed by atoms with Crippen LogP contribution in [0.1, 0.15) is 50.2 Å². The summed E-state index contributed by atoms with van der Waals surface area (Å²) in [6, 6.07) is 19.0. The third-order valence-electron chi connectivity index (χ3n) is 6.04. The molecule has 3 nitrogen and oxygen atoms in total. The van der Waals surface area contributed by atoms with E-state index >= 15 is 0 Å². The predicted octanol–water partition coefficient (Wildman–Crippen LogP) is 4.89. The fourth-order valence-corrected chi connectivity index (χ4v) is 4.10. The van der Waals surface area contributed by atoms with Crippen molar-refractivity contribution < 1.29 is 9.84 Å². The minimum absolute atomic E-state index is 0.359. The van der Waals surface area contributed by atoms with Gasteiger partial charge in [-0.1, -0.05) is 62.4 Å². The molecule has 2 atom stereocenters. The molecule has 0 aromatic heterocycles. The van der Waals surface area contributed by atoms with Crippen molar-refractivity contribution in [3.8, 4) is 5.75 Å². The fourth-order valence-electron chi connectivity index (χ4n) is 4.10. The van der Waals surface area contributed by atoms with E-state index in [1.54, 1.807) is 0 Å². The van der Waals surface area contributed by atoms with Gasteiger partial charge < -0.3 is 14.7 Å². The number of β-amino-alcohol motifs (C(OH)–C–C–N with tert-alkyl or cyclic N) is 1. The van der Waals surface area contributed by atoms with Crippen LogP contribution in [0.15, 0.2) is 54.6 Å². The van der Waals surface area contributed by atoms with Gasteiger partial charge in [-0.3, -0.25) is 0 Å². The van der Waals surface area contributed by atoms with Crippen molar-refractivity contribution in [1.82, 2.24) is 4.90 Å². The maximum Gasteiger partial charge on any atom is 0.122 e. The summed E-state index contributed by atoms with van der Waals surface area (Å²) in [5, 5.41) is 10.5. The SMILES string of the molecule is CC[C@H](C)c1ccccc1OC[C@H](O)CN1CCC(Cc2ccccc2)CC1. The summed E-state index contributed by atoms with van der Waals surface area (Å²) in [7, 11) is 0. The number of aliphatic hydroxyl groups excluding tert-OH is 1. The number of para-hydroxylation sites is 1. The van der Waals surface area contributed by atoms with E-state index in [0.717, 1.165) is 31.2 Å². The highest BCUT2D eigenvalue weighted by Gasteiger charge is 2.21. The highest BCUT2D eigenvalue weighted by atomic mass is 16.5. The van der Waals surface area contributed by atoms with E-state index in [2.05, 4.69) is 61.2 Å². The molecule has 1 saturated heterocycles. The lowest BCUT2D eigenvalue weighted by Crippen LogP contribution is -2.41. The van der Waals surface area contributed by atoms with Crippen LogP contribution in [-0.4, -0.2) is 42.4 Å². The van der Waals surface area contributed by atoms with Gasteiger partial charge in [0.15, 0.2) is 0 Å². The number of likely N-dealkylation sites (tertiary alicyclic amines) is 1. The summed E-state index contributed by atoms with van der Waals surface area (Å²) in [5.74, 6) is 2.14. The quantitative estimate of drug-likeness (QED) is 0.671. The predicted molar refractivity (Wildman–Crippen MR) is 116 cm³/mol. The molecule has 0 aliphatic carbocycles. The number of aliphatic hydroxyl groups is 1. The lowest BCUT2D eigenvalue weighted by molar-refractivity contribution is 0.0547. The van der Waals surface area contributed by atoms with Gasteiger partial charge in [0.1, 0.15) is 18.5 Å². The number of hydrogen-bond donors (Lipinski definition) is 1. The standard InChI is InChI=1S/C25H35NO2/c1-3-20(2)24-11-7-8-12-25(24)28-19-23(27)18-26-15-13-22(14-16-26)17-21-9-5-4-6-10-21/h4-12,20,22-23,27H,3,13-19H2,1-2H3/t20-,23+/m0/s1. The van der Waals surface area contributed by atoms with Crippen LogP contribution in [0.2, 0.25) is 0 Å². The van der Waals surface area contributed by atoms with Crippen LogP contribution in [0.3, 0.4) is 0 Å². The molecule has 0 bridgehead atoms. The van der Waals surface area contributed by atoms with Gasteiger partial charge in [0.05, 0.1) is 0 Å². The van der Waals surface area contributed by atoms with Gasteiger partial charge >= 0.3 is 0 Å². The molecule has 28 heavy (non-hydrogen) atoms. The first-order valence-corrected chi connectivity index (χ1v) is 10.8. The average molecular weight is 382 g/mol. The van der Waals surface area contributed by atoms with E-state index in [1.165, 1.54) is 30.4 Å². The van der Waals surface area contributed by atoms with E-state index in [9.17, 15) is 5.11 Å². The zero-order valence-corrected chi connectivity index (χ0v) is 17.4. The second kappa shape index (κ2) is 10.6. The number of nitrogens with zero attached hydrogens (tertiary/aromatic N) is 1. The molecule has 1 heterocycles. The summed E-state index contributed by atoms with van der Waals surface area (Å²) in [5.41, 5.74) is 2.67. The highest BCUT2D eigenvalue weighted by molar-refractivity contribution is 5.35. The van der Waals surface area contributed by atoms with Gasteiger partial charge in [0, 0.05) is 6.54 Å². The molecule has 2 aromatic carbocycles. The maximum absolute atomic E-state index is 10.5. The van der Waals surface area contributed by atoms with E-state index in [-0.39, 0.29) is 0 Å². The molecule has 3 rings (SSSR count). The normalized spacial score (nSPS) is 18.0. The van der Waals surface area contributed by atoms with Crippen molar-refractivity contribution >= 4 is 0 Å². The van der Waals surface area contributed by atoms with Gasteiger partial charge in [-0.2, -0.15) is 0 Å². The van der Waals surface area contributed by atoms with Gasteiger partial charge in [-0.05, 0) is 67.8 Å². The summed E-state index contributed by atoms with van der Waals surface area (Å²) >= 11 is 0. The first kappa shape index (κ1) is 20.9. The zero-order valence-electron chi connectivity index (χ0n) is 17.4. The Balaban J connectivity index is 1.41. The Morgan fingerprint density at radius 1 is 1.04 bits per heavy atom. The molecule has 1 N–H and O–H groups in total. The van der Waals surface area contributed by atoms with E-state index < -0.39 is 6.10 Å². The monoisotopic (exact) mass is 381 g/mol. The number of ether oxygens (including phenoxy) is 1. The van der Waals surface area contributed by atoms with Crippen LogP contribution in [-0.2, 0) is 6.42 Å². The Morgan fingerprint density at radius 3 is 2.43 bits per heavy atom. The highest BCUT2D eigenvalue weighted by Crippen LogP contribution is 2.28. The summed E-state index contributed by atoms with van der Waals surface area (Å²) in [4.78, 5) is 2.39. The van der Waals surface area contributed by atoms with Crippen LogP contribution in [0.25, 0.3) is 0 Å². The van der Waals surface area contributed by atoms with Crippen molar-refractivity contribution in [2.45, 2.75) is 51.6 Å². The second-order valence-corrected chi connectivity index (χ2v) is 8.25. The molecular weight excluding hydrogens is 346 g/mol. The molecule has 0 saturated carbocycles. The molecule has 1 aliphatic heterocycles. The molecule has 0 spiro atoms. The molecule has 3 heteroatoms. The smallest absolute Gasteiger partial charge is 0.122 e. The molecule has 152 valence electrons. The van der Waals surface area contributed by atoms with Crippen molar-refractivity contribution in [3.63, 3.8) is 0 Å². The third kappa shape index (κ3) is 6.08. The fraction of sp³-hybridized carbons (Fsp3) is 0.520. The summed E-state index contributed by atoms with van der Waals surface area (Å²) in [6.07, 6.45) is 4.22. The van der Waals surface area contributed by atoms with Gasteiger partial charge in [0.25, 0.3) is 0 Å². The van der Waals surface area contributed by atoms with E-state index in [1.807, 2.05) is 12.1 Å². The van der Waals surface area contributed by atoms with E-state index in [4.69, 9.17) is 4.74 Å². The Hall–Kier alpha value is -1.84. The molecular formula is C25H35NO2. The molecule has 0 unspecified atom stereocenters. The summed E-state index contributed by atoms with van der Waals surface area (Å²) in [6.45, 7) is 7.60. The Bertz CT molecular complexity index is 695. The Morgan fingerprint density at radius 2 is 1.71 bits per heavy atom. The van der Waals surface area contributed by atoms with Gasteiger partial charge in [-0.25, -0.2) is 0 Å². The largest absolute Gasteiger partial charge is 0.491 e. The van der Waals surface area contributed by atoms with Crippen LogP contribution >= 0.6 is 0 Å². The number of rotatable bonds is 9. The molecule has 0 amide bonds. The minimum atomic E-state index is -0.448. The molecule has 1 fully saturated rings. The van der Waals surface area contributed by atoms with Crippen LogP contribution in [0, 0.1) is 5.92 Å². The second-order valence-electron chi connectivity index (χ2n) is 8.25. The number of piperidine rings is 1. The zero-order chi connectivity index (χ0) is 19.8. The first-order valence-electron chi connectivity index (χ1n) is 10.8. The maximum atomic E-state index is 10.5. The minimum Gasteiger partial charge on any atom is -0.491 e. The number of hydrogen-bond acceptors (Lipinski definition) is 3. The molecule has 2 aromatic rings. The lowest BCUT2D eigenvalue weighted by Gasteiger charge is -2.33. The van der Waals surface area contributed by atoms with Crippen molar-refractivity contribution in [2.24, 2.45) is 5.92 Å². The van der Waals surface area contributed by atoms with Gasteiger partial charge in [0.2, 0.25) is 0 Å². The topological polar surface area (TPSA) is 32.7 Å². The number of benzene rings is 2. The third-order valence-corrected chi connectivity index (χ3v) is 6.04. The lowest BCUT2D eigenvalue weighted by atomic mass is 9.90. The van der Waals surface area contributed by atoms with Crippen LogP contribution < -0.4 is 4.74 Å². The van der Waals surface area contributed by atoms with Crippen molar-refractivity contribution in [2.75, 3.05) is 26.2 Å². The van der Waals surface area contributed by atoms with Crippen molar-refractivity contribution in [3.05, 3.63) is 65.7 Å². The Kier molecular flexibility index (Phi) is 7.93. The van der Waals surface area contributed by atoms with Crippen LogP contribution in [0.5, 0.6) is 5.75 Å².